The third kappa shape index (κ3) is 12.4. The van der Waals surface area contributed by atoms with E-state index in [9.17, 15) is 19.2 Å². The van der Waals surface area contributed by atoms with Crippen molar-refractivity contribution in [2.75, 3.05) is 11.5 Å². The minimum absolute atomic E-state index is 0.0149. The third-order valence-corrected chi connectivity index (χ3v) is 13.0. The second-order valence-electron chi connectivity index (χ2n) is 15.9. The molecule has 0 aliphatic carbocycles. The summed E-state index contributed by atoms with van der Waals surface area (Å²) in [5.41, 5.74) is 2.36. The van der Waals surface area contributed by atoms with Crippen LogP contribution in [0.1, 0.15) is 88.7 Å². The van der Waals surface area contributed by atoms with E-state index >= 15 is 0 Å². The summed E-state index contributed by atoms with van der Waals surface area (Å²) in [5.74, 6) is -0.351. The van der Waals surface area contributed by atoms with Crippen LogP contribution < -0.4 is 10.6 Å². The van der Waals surface area contributed by atoms with Crippen molar-refractivity contribution in [2.45, 2.75) is 95.9 Å². The third-order valence-electron chi connectivity index (χ3n) is 9.34. The smallest absolute Gasteiger partial charge is 0.408 e. The summed E-state index contributed by atoms with van der Waals surface area (Å²) in [4.78, 5) is 61.3. The number of ketones is 1. The van der Waals surface area contributed by atoms with Crippen molar-refractivity contribution in [2.24, 2.45) is 10.9 Å². The molecule has 0 spiro atoms. The molecule has 1 aliphatic rings. The molecular weight excluding hydrogens is 801 g/mol. The van der Waals surface area contributed by atoms with Gasteiger partial charge in [0.05, 0.1) is 11.3 Å². The Bertz CT molecular complexity index is 2000. The molecule has 1 aromatic heterocycles. The number of thioether (sulfide) groups is 2. The van der Waals surface area contributed by atoms with Crippen molar-refractivity contribution in [1.29, 1.82) is 0 Å². The van der Waals surface area contributed by atoms with Gasteiger partial charge in [0.15, 0.2) is 0 Å². The van der Waals surface area contributed by atoms with Crippen LogP contribution in [0.5, 0.6) is 0 Å². The summed E-state index contributed by atoms with van der Waals surface area (Å²) >= 11 is 4.61. The van der Waals surface area contributed by atoms with Gasteiger partial charge < -0.3 is 20.1 Å². The number of Topliss-reactive ketones (excluding diaryl/α,β-unsaturated/α-hetero) is 1. The number of nitrogens with one attached hydrogen (secondary N) is 2. The minimum atomic E-state index is -1.16. The molecule has 3 atom stereocenters. The van der Waals surface area contributed by atoms with E-state index in [1.54, 1.807) is 33.8 Å². The van der Waals surface area contributed by atoms with Crippen LogP contribution in [0.25, 0.3) is 0 Å². The molecule has 10 nitrogen and oxygen atoms in total. The minimum Gasteiger partial charge on any atom is -0.456 e. The molecular formula is C46H54N4O6S3. The Morgan fingerprint density at radius 1 is 0.915 bits per heavy atom. The molecule has 2 amide bonds. The molecule has 312 valence electrons. The second kappa shape index (κ2) is 20.5. The van der Waals surface area contributed by atoms with Crippen LogP contribution in [0.15, 0.2) is 114 Å². The summed E-state index contributed by atoms with van der Waals surface area (Å²) in [6.07, 6.45) is 3.10. The zero-order valence-corrected chi connectivity index (χ0v) is 37.2. The predicted octanol–water partition coefficient (Wildman–Crippen LogP) is 9.12. The van der Waals surface area contributed by atoms with E-state index in [0.717, 1.165) is 5.75 Å². The highest BCUT2D eigenvalue weighted by molar-refractivity contribution is 8.14. The number of amides is 2. The number of allylic oxidation sites excluding steroid dienone is 1. The zero-order chi connectivity index (χ0) is 42.6. The van der Waals surface area contributed by atoms with Gasteiger partial charge in [-0.2, -0.15) is 0 Å². The van der Waals surface area contributed by atoms with Gasteiger partial charge >= 0.3 is 12.1 Å². The maximum Gasteiger partial charge on any atom is 0.408 e. The van der Waals surface area contributed by atoms with Crippen LogP contribution in [0.3, 0.4) is 0 Å². The van der Waals surface area contributed by atoms with Crippen molar-refractivity contribution < 1.29 is 28.7 Å². The Morgan fingerprint density at radius 3 is 2.02 bits per heavy atom. The van der Waals surface area contributed by atoms with Gasteiger partial charge in [0.1, 0.15) is 44.8 Å². The first-order valence-corrected chi connectivity index (χ1v) is 22.6. The fourth-order valence-electron chi connectivity index (χ4n) is 6.44. The van der Waals surface area contributed by atoms with Gasteiger partial charge in [-0.05, 0) is 75.5 Å². The Morgan fingerprint density at radius 2 is 1.49 bits per heavy atom. The van der Waals surface area contributed by atoms with Gasteiger partial charge in [0.2, 0.25) is 5.91 Å². The topological polar surface area (TPSA) is 136 Å². The summed E-state index contributed by atoms with van der Waals surface area (Å²) < 4.78 is 10.8. The molecule has 0 saturated heterocycles. The zero-order valence-electron chi connectivity index (χ0n) is 34.7. The molecule has 1 unspecified atom stereocenters. The van der Waals surface area contributed by atoms with Crippen molar-refractivity contribution in [3.05, 3.63) is 136 Å². The Hall–Kier alpha value is -4.72. The lowest BCUT2D eigenvalue weighted by atomic mass is 9.84. The molecule has 4 aromatic rings. The number of nitrogens with zero attached hydrogens (tertiary/aromatic N) is 2. The number of esters is 1. The molecule has 0 radical (unpaired) electrons. The quantitative estimate of drug-likeness (QED) is 0.0435. The summed E-state index contributed by atoms with van der Waals surface area (Å²) in [6.45, 7) is 12.4. The lowest BCUT2D eigenvalue weighted by molar-refractivity contribution is -0.153. The number of carbonyl (C=O) groups is 4. The summed E-state index contributed by atoms with van der Waals surface area (Å²) in [7, 11) is 0. The van der Waals surface area contributed by atoms with Crippen LogP contribution in [-0.2, 0) is 35.1 Å². The number of thiazole rings is 1. The van der Waals surface area contributed by atoms with E-state index in [4.69, 9.17) is 14.5 Å². The SMILES string of the molecule is CC(=O)CC(/C=C/CCSC(c1ccccc1)(c1ccccc1)c1ccccc1)OC(=O)[C@@H](NC(=O)[C@]1(C)CSC(c2csc(CNC(=O)OC(C)(C)C)n2)=N1)C(C)C. The van der Waals surface area contributed by atoms with Gasteiger partial charge in [0.25, 0.3) is 0 Å². The van der Waals surface area contributed by atoms with E-state index in [1.165, 1.54) is 46.7 Å². The highest BCUT2D eigenvalue weighted by Gasteiger charge is 2.42. The highest BCUT2D eigenvalue weighted by Crippen LogP contribution is 2.48. The van der Waals surface area contributed by atoms with Gasteiger partial charge in [-0.25, -0.2) is 14.6 Å². The normalized spacial score (nSPS) is 16.6. The van der Waals surface area contributed by atoms with Crippen molar-refractivity contribution in [3.63, 3.8) is 0 Å². The van der Waals surface area contributed by atoms with E-state index < -0.39 is 46.0 Å². The average molecular weight is 855 g/mol. The lowest BCUT2D eigenvalue weighted by Gasteiger charge is -2.35. The van der Waals surface area contributed by atoms with Crippen molar-refractivity contribution >= 4 is 63.7 Å². The van der Waals surface area contributed by atoms with Gasteiger partial charge in [-0.1, -0.05) is 111 Å². The monoisotopic (exact) mass is 854 g/mol. The molecule has 59 heavy (non-hydrogen) atoms. The fourth-order valence-corrected chi connectivity index (χ4v) is 9.84. The number of aliphatic imine (C=N–C) groups is 1. The molecule has 3 aromatic carbocycles. The maximum absolute atomic E-state index is 13.8. The summed E-state index contributed by atoms with van der Waals surface area (Å²) in [6, 6.07) is 30.5. The number of ether oxygens (including phenoxy) is 2. The highest BCUT2D eigenvalue weighted by atomic mass is 32.2. The fraction of sp³-hybridized carbons (Fsp3) is 0.391. The number of carbonyl (C=O) groups excluding carboxylic acids is 4. The van der Waals surface area contributed by atoms with E-state index in [2.05, 4.69) is 88.4 Å². The Labute approximate surface area is 360 Å². The molecule has 0 saturated carbocycles. The van der Waals surface area contributed by atoms with E-state index in [1.807, 2.05) is 55.3 Å². The average Bonchev–Trinajstić information content (AvgIpc) is 3.85. The van der Waals surface area contributed by atoms with Crippen LogP contribution in [0, 0.1) is 5.92 Å². The lowest BCUT2D eigenvalue weighted by Crippen LogP contribution is -2.53. The Kier molecular flexibility index (Phi) is 15.8. The number of aromatic nitrogens is 1. The molecule has 2 heterocycles. The first-order valence-electron chi connectivity index (χ1n) is 19.7. The first-order chi connectivity index (χ1) is 28.1. The number of benzene rings is 3. The molecule has 5 rings (SSSR count). The molecule has 0 fully saturated rings. The molecule has 0 bridgehead atoms. The molecule has 2 N–H and O–H groups in total. The van der Waals surface area contributed by atoms with E-state index in [0.29, 0.717) is 27.9 Å². The Balaban J connectivity index is 1.23. The number of rotatable bonds is 18. The number of alkyl carbamates (subject to hydrolysis) is 1. The summed E-state index contributed by atoms with van der Waals surface area (Å²) in [5, 5.41) is 8.71. The first kappa shape index (κ1) is 45.4. The van der Waals surface area contributed by atoms with Crippen LogP contribution in [-0.4, -0.2) is 68.6 Å². The largest absolute Gasteiger partial charge is 0.456 e. The van der Waals surface area contributed by atoms with Gasteiger partial charge in [-0.3, -0.25) is 14.6 Å². The van der Waals surface area contributed by atoms with Crippen LogP contribution in [0.4, 0.5) is 4.79 Å². The standard InChI is InChI=1S/C46H54N4O6S3/c1-31(2)39(49-42(53)45(7)30-58-40(50-45)37-29-57-38(48-37)28-47-43(54)56-44(4,5)6)41(52)55-36(27-32(3)51)25-17-18-26-59-46(33-19-11-8-12-20-33,34-21-13-9-14-22-34)35-23-15-10-16-24-35/h8-17,19-25,29,31,36,39H,18,26-28,30H2,1-7H3,(H,47,54)(H,49,53)/b25-17+/t36?,39-,45-/m0/s1. The predicted molar refractivity (Wildman–Crippen MR) is 240 cm³/mol. The van der Waals surface area contributed by atoms with Gasteiger partial charge in [-0.15, -0.1) is 34.9 Å². The van der Waals surface area contributed by atoms with Crippen LogP contribution >= 0.6 is 34.9 Å². The maximum atomic E-state index is 13.8. The van der Waals surface area contributed by atoms with Crippen molar-refractivity contribution in [1.82, 2.24) is 15.6 Å². The van der Waals surface area contributed by atoms with Crippen molar-refractivity contribution in [3.8, 4) is 0 Å². The van der Waals surface area contributed by atoms with Crippen LogP contribution in [0.2, 0.25) is 0 Å². The van der Waals surface area contributed by atoms with Gasteiger partial charge in [0, 0.05) is 17.6 Å². The molecule has 13 heteroatoms. The number of hydrogen-bond donors (Lipinski definition) is 2. The van der Waals surface area contributed by atoms with E-state index in [-0.39, 0.29) is 24.7 Å². The second-order valence-corrected chi connectivity index (χ2v) is 19.1. The molecule has 1 aliphatic heterocycles. The number of hydrogen-bond acceptors (Lipinski definition) is 11.